The highest BCUT2D eigenvalue weighted by Crippen LogP contribution is 2.35. The van der Waals surface area contributed by atoms with Gasteiger partial charge in [0.25, 0.3) is 0 Å². The Morgan fingerprint density at radius 3 is 2.89 bits per heavy atom. The van der Waals surface area contributed by atoms with E-state index in [9.17, 15) is 0 Å². The zero-order chi connectivity index (χ0) is 12.7. The van der Waals surface area contributed by atoms with Gasteiger partial charge in [0, 0.05) is 24.5 Å². The maximum absolute atomic E-state index is 5.72. The minimum absolute atomic E-state index is 0.444. The number of hydrogen-bond acceptors (Lipinski definition) is 3. The van der Waals surface area contributed by atoms with Crippen molar-refractivity contribution in [2.24, 2.45) is 12.8 Å². The van der Waals surface area contributed by atoms with E-state index in [2.05, 4.69) is 21.0 Å². The van der Waals surface area contributed by atoms with Crippen LogP contribution in [0.4, 0.5) is 0 Å². The van der Waals surface area contributed by atoms with Gasteiger partial charge in [-0.15, -0.1) is 0 Å². The predicted octanol–water partition coefficient (Wildman–Crippen LogP) is 3.05. The zero-order valence-electron chi connectivity index (χ0n) is 9.85. The van der Waals surface area contributed by atoms with Gasteiger partial charge in [0.15, 0.2) is 0 Å². The quantitative estimate of drug-likeness (QED) is 0.791. The highest BCUT2D eigenvalue weighted by Gasteiger charge is 2.17. The lowest BCUT2D eigenvalue weighted by molar-refractivity contribution is 0.616. The second-order valence-corrected chi connectivity index (χ2v) is 4.88. The van der Waals surface area contributed by atoms with Crippen LogP contribution in [0, 0.1) is 0 Å². The Labute approximate surface area is 113 Å². The summed E-state index contributed by atoms with van der Waals surface area (Å²) in [6, 6.07) is 7.91. The third-order valence-electron chi connectivity index (χ3n) is 3.03. The summed E-state index contributed by atoms with van der Waals surface area (Å²) in [5.41, 5.74) is 9.39. The lowest BCUT2D eigenvalue weighted by atomic mass is 10.1. The fourth-order valence-electron chi connectivity index (χ4n) is 2.09. The van der Waals surface area contributed by atoms with E-state index in [0.29, 0.717) is 6.54 Å². The number of para-hydroxylation sites is 1. The number of fused-ring (bicyclic) bond motifs is 1. The smallest absolute Gasteiger partial charge is 0.134 e. The Morgan fingerprint density at radius 1 is 1.39 bits per heavy atom. The van der Waals surface area contributed by atoms with Crippen LogP contribution in [0.3, 0.4) is 0 Å². The Kier molecular flexibility index (Phi) is 2.72. The third kappa shape index (κ3) is 1.59. The van der Waals surface area contributed by atoms with Crippen molar-refractivity contribution in [1.82, 2.24) is 9.78 Å². The highest BCUT2D eigenvalue weighted by molar-refractivity contribution is 9.10. The average Bonchev–Trinajstić information content (AvgIpc) is 2.91. The van der Waals surface area contributed by atoms with Gasteiger partial charge in [-0.3, -0.25) is 4.68 Å². The van der Waals surface area contributed by atoms with Crippen LogP contribution >= 0.6 is 15.9 Å². The van der Waals surface area contributed by atoms with Crippen LogP contribution in [0.1, 0.15) is 5.69 Å². The number of rotatable bonds is 2. The summed E-state index contributed by atoms with van der Waals surface area (Å²) in [6.07, 6.45) is 1.73. The normalized spacial score (nSPS) is 11.3. The molecule has 2 aromatic heterocycles. The van der Waals surface area contributed by atoms with Crippen LogP contribution in [0.5, 0.6) is 0 Å². The van der Waals surface area contributed by atoms with E-state index in [1.165, 1.54) is 0 Å². The molecule has 0 saturated heterocycles. The van der Waals surface area contributed by atoms with Gasteiger partial charge >= 0.3 is 0 Å². The highest BCUT2D eigenvalue weighted by atomic mass is 79.9. The largest absolute Gasteiger partial charge is 0.464 e. The first-order valence-electron chi connectivity index (χ1n) is 5.60. The summed E-state index contributed by atoms with van der Waals surface area (Å²) < 4.78 is 8.26. The van der Waals surface area contributed by atoms with Crippen molar-refractivity contribution in [1.29, 1.82) is 0 Å². The van der Waals surface area contributed by atoms with Gasteiger partial charge in [-0.1, -0.05) is 18.2 Å². The number of benzene rings is 1. The monoisotopic (exact) mass is 305 g/mol. The number of furan rings is 1. The molecule has 0 aliphatic carbocycles. The summed E-state index contributed by atoms with van der Waals surface area (Å²) in [4.78, 5) is 0. The average molecular weight is 306 g/mol. The molecule has 2 heterocycles. The number of hydrogen-bond donors (Lipinski definition) is 1. The molecule has 1 aromatic carbocycles. The van der Waals surface area contributed by atoms with Crippen molar-refractivity contribution < 1.29 is 4.42 Å². The van der Waals surface area contributed by atoms with E-state index in [1.54, 1.807) is 10.9 Å². The second kappa shape index (κ2) is 4.26. The first-order chi connectivity index (χ1) is 8.72. The van der Waals surface area contributed by atoms with Crippen molar-refractivity contribution >= 4 is 26.9 Å². The zero-order valence-corrected chi connectivity index (χ0v) is 11.4. The van der Waals surface area contributed by atoms with Crippen LogP contribution in [0.15, 0.2) is 39.4 Å². The van der Waals surface area contributed by atoms with E-state index in [0.717, 1.165) is 32.4 Å². The van der Waals surface area contributed by atoms with Crippen molar-refractivity contribution in [2.75, 3.05) is 0 Å². The van der Waals surface area contributed by atoms with Gasteiger partial charge in [-0.25, -0.2) is 0 Å². The first-order valence-corrected chi connectivity index (χ1v) is 6.39. The molecule has 3 aromatic rings. The molecule has 3 rings (SSSR count). The van der Waals surface area contributed by atoms with E-state index < -0.39 is 0 Å². The molecular formula is C13H12BrN3O. The standard InChI is InChI=1S/C13H12BrN3O/c1-17-10(6-15)12(14)13(16-17)9-7-18-11-5-3-2-4-8(9)11/h2-5,7H,6,15H2,1H3. The second-order valence-electron chi connectivity index (χ2n) is 4.08. The molecule has 0 atom stereocenters. The Morgan fingerprint density at radius 2 is 2.17 bits per heavy atom. The van der Waals surface area contributed by atoms with Crippen molar-refractivity contribution in [2.45, 2.75) is 6.54 Å². The molecule has 0 amide bonds. The van der Waals surface area contributed by atoms with Crippen molar-refractivity contribution in [3.05, 3.63) is 40.7 Å². The van der Waals surface area contributed by atoms with Crippen LogP contribution in [-0.4, -0.2) is 9.78 Å². The summed E-state index contributed by atoms with van der Waals surface area (Å²) in [7, 11) is 1.89. The number of nitrogens with two attached hydrogens (primary N) is 1. The van der Waals surface area contributed by atoms with Gasteiger partial charge in [-0.2, -0.15) is 5.10 Å². The molecule has 0 saturated carbocycles. The molecule has 18 heavy (non-hydrogen) atoms. The molecule has 0 fully saturated rings. The van der Waals surface area contributed by atoms with E-state index in [4.69, 9.17) is 10.2 Å². The van der Waals surface area contributed by atoms with Gasteiger partial charge in [0.1, 0.15) is 17.5 Å². The van der Waals surface area contributed by atoms with Gasteiger partial charge in [0.05, 0.1) is 10.2 Å². The maximum atomic E-state index is 5.72. The molecule has 0 unspecified atom stereocenters. The molecule has 0 spiro atoms. The van der Waals surface area contributed by atoms with Gasteiger partial charge in [0.2, 0.25) is 0 Å². The molecule has 0 aliphatic rings. The van der Waals surface area contributed by atoms with Gasteiger partial charge < -0.3 is 10.2 Å². The Bertz CT molecular complexity index is 714. The van der Waals surface area contributed by atoms with Crippen LogP contribution in [0.25, 0.3) is 22.2 Å². The SMILES string of the molecule is Cn1nc(-c2coc3ccccc23)c(Br)c1CN. The molecule has 5 heteroatoms. The number of halogens is 1. The number of aryl methyl sites for hydroxylation is 1. The topological polar surface area (TPSA) is 57.0 Å². The molecule has 2 N–H and O–H groups in total. The van der Waals surface area contributed by atoms with Crippen LogP contribution in [0.2, 0.25) is 0 Å². The van der Waals surface area contributed by atoms with Crippen molar-refractivity contribution in [3.63, 3.8) is 0 Å². The minimum Gasteiger partial charge on any atom is -0.464 e. The lowest BCUT2D eigenvalue weighted by Gasteiger charge is -1.96. The summed E-state index contributed by atoms with van der Waals surface area (Å²) in [6.45, 7) is 0.444. The Hall–Kier alpha value is -1.59. The van der Waals surface area contributed by atoms with Crippen LogP contribution in [-0.2, 0) is 13.6 Å². The molecule has 92 valence electrons. The maximum Gasteiger partial charge on any atom is 0.134 e. The Balaban J connectivity index is 2.27. The lowest BCUT2D eigenvalue weighted by Crippen LogP contribution is -2.04. The first kappa shape index (κ1) is 11.5. The molecule has 4 nitrogen and oxygen atoms in total. The molecular weight excluding hydrogens is 294 g/mol. The fourth-order valence-corrected chi connectivity index (χ4v) is 2.80. The molecule has 0 aliphatic heterocycles. The summed E-state index contributed by atoms with van der Waals surface area (Å²) in [5, 5.41) is 5.56. The minimum atomic E-state index is 0.444. The van der Waals surface area contributed by atoms with Gasteiger partial charge in [-0.05, 0) is 22.0 Å². The van der Waals surface area contributed by atoms with Crippen molar-refractivity contribution in [3.8, 4) is 11.3 Å². The third-order valence-corrected chi connectivity index (χ3v) is 3.86. The van der Waals surface area contributed by atoms with E-state index >= 15 is 0 Å². The van der Waals surface area contributed by atoms with Crippen LogP contribution < -0.4 is 5.73 Å². The summed E-state index contributed by atoms with van der Waals surface area (Å²) >= 11 is 3.56. The van der Waals surface area contributed by atoms with E-state index in [-0.39, 0.29) is 0 Å². The molecule has 0 radical (unpaired) electrons. The van der Waals surface area contributed by atoms with E-state index in [1.807, 2.05) is 31.3 Å². The molecule has 0 bridgehead atoms. The predicted molar refractivity (Wildman–Crippen MR) is 74.0 cm³/mol. The fraction of sp³-hybridized carbons (Fsp3) is 0.154. The summed E-state index contributed by atoms with van der Waals surface area (Å²) in [5.74, 6) is 0. The number of aromatic nitrogens is 2. The number of nitrogens with zero attached hydrogens (tertiary/aromatic N) is 2.